The highest BCUT2D eigenvalue weighted by molar-refractivity contribution is 7.16. The second kappa shape index (κ2) is 8.92. The Morgan fingerprint density at radius 1 is 1.12 bits per heavy atom. The minimum atomic E-state index is 0.461. The van der Waals surface area contributed by atoms with Crippen molar-refractivity contribution in [3.63, 3.8) is 0 Å². The number of thiazole rings is 1. The number of ether oxygens (including phenoxy) is 1. The molecule has 3 aromatic rings. The minimum absolute atomic E-state index is 0.461. The Hall–Kier alpha value is -2.90. The molecule has 7 heteroatoms. The van der Waals surface area contributed by atoms with Gasteiger partial charge >= 0.3 is 0 Å². The van der Waals surface area contributed by atoms with Crippen LogP contribution in [0.4, 0.5) is 16.4 Å². The summed E-state index contributed by atoms with van der Waals surface area (Å²) in [5.41, 5.74) is 4.33. The fourth-order valence-electron chi connectivity index (χ4n) is 4.43. The zero-order valence-corrected chi connectivity index (χ0v) is 19.7. The molecular weight excluding hydrogens is 418 g/mol. The SMILES string of the molecule is COc1ccc(CCC2CN(C3=Nc4ccccc4Nc4sc(C)nc43)CCN2C)cc1. The Bertz CT molecular complexity index is 1120. The van der Waals surface area contributed by atoms with E-state index in [1.807, 2.05) is 24.3 Å². The third kappa shape index (κ3) is 4.23. The standard InChI is InChI=1S/C25H29N5OS/c1-17-26-23-24(27-21-6-4-5-7-22(21)28-25(23)32-17)30-15-14-29(2)19(16-30)11-8-18-9-12-20(31-3)13-10-18/h4-7,9-10,12-13,19,28H,8,11,14-16H2,1-3H3. The average Bonchev–Trinajstić information content (AvgIpc) is 3.10. The van der Waals surface area contributed by atoms with Crippen LogP contribution in [0.1, 0.15) is 22.7 Å². The summed E-state index contributed by atoms with van der Waals surface area (Å²) < 4.78 is 5.29. The van der Waals surface area contributed by atoms with Crippen molar-refractivity contribution < 1.29 is 4.74 Å². The number of aryl methyl sites for hydroxylation is 2. The molecule has 2 aromatic carbocycles. The van der Waals surface area contributed by atoms with E-state index in [1.54, 1.807) is 18.4 Å². The van der Waals surface area contributed by atoms with Crippen molar-refractivity contribution in [3.05, 3.63) is 64.8 Å². The molecular formula is C25H29N5OS. The first-order valence-electron chi connectivity index (χ1n) is 11.1. The molecule has 32 heavy (non-hydrogen) atoms. The van der Waals surface area contributed by atoms with Gasteiger partial charge in [0.1, 0.15) is 16.4 Å². The number of methoxy groups -OCH3 is 1. The normalized spacial score (nSPS) is 18.3. The summed E-state index contributed by atoms with van der Waals surface area (Å²) >= 11 is 1.70. The lowest BCUT2D eigenvalue weighted by Gasteiger charge is -2.40. The fraction of sp³-hybridized carbons (Fsp3) is 0.360. The number of fused-ring (bicyclic) bond motifs is 2. The van der Waals surface area contributed by atoms with Crippen LogP contribution in [0, 0.1) is 6.92 Å². The number of aromatic nitrogens is 1. The Labute approximate surface area is 193 Å². The number of nitrogens with zero attached hydrogens (tertiary/aromatic N) is 4. The lowest BCUT2D eigenvalue weighted by atomic mass is 10.0. The molecule has 1 atom stereocenters. The molecule has 1 aromatic heterocycles. The second-order valence-corrected chi connectivity index (χ2v) is 9.66. The topological polar surface area (TPSA) is 53.0 Å². The van der Waals surface area contributed by atoms with Crippen molar-refractivity contribution in [2.24, 2.45) is 4.99 Å². The monoisotopic (exact) mass is 447 g/mol. The van der Waals surface area contributed by atoms with Gasteiger partial charge in [0.05, 0.1) is 23.5 Å². The van der Waals surface area contributed by atoms with Crippen molar-refractivity contribution in [3.8, 4) is 5.75 Å². The largest absolute Gasteiger partial charge is 0.497 e. The predicted octanol–water partition coefficient (Wildman–Crippen LogP) is 4.84. The number of amidine groups is 1. The molecule has 2 aliphatic rings. The lowest BCUT2D eigenvalue weighted by molar-refractivity contribution is 0.134. The summed E-state index contributed by atoms with van der Waals surface area (Å²) in [5, 5.41) is 5.70. The maximum atomic E-state index is 5.29. The van der Waals surface area contributed by atoms with Gasteiger partial charge in [0.25, 0.3) is 0 Å². The highest BCUT2D eigenvalue weighted by atomic mass is 32.1. The Morgan fingerprint density at radius 2 is 1.94 bits per heavy atom. The van der Waals surface area contributed by atoms with Crippen molar-refractivity contribution in [2.45, 2.75) is 25.8 Å². The van der Waals surface area contributed by atoms with E-state index in [2.05, 4.69) is 53.4 Å². The molecule has 0 radical (unpaired) electrons. The van der Waals surface area contributed by atoms with Crippen LogP contribution in [0.2, 0.25) is 0 Å². The van der Waals surface area contributed by atoms with Crippen LogP contribution in [0.5, 0.6) is 5.75 Å². The van der Waals surface area contributed by atoms with E-state index in [0.717, 1.165) is 71.1 Å². The molecule has 5 rings (SSSR count). The van der Waals surface area contributed by atoms with Crippen LogP contribution in [0.25, 0.3) is 0 Å². The van der Waals surface area contributed by atoms with E-state index >= 15 is 0 Å². The first-order chi connectivity index (χ1) is 15.6. The number of hydrogen-bond acceptors (Lipinski definition) is 7. The van der Waals surface area contributed by atoms with Crippen molar-refractivity contribution in [1.29, 1.82) is 0 Å². The molecule has 0 amide bonds. The quantitative estimate of drug-likeness (QED) is 0.620. The van der Waals surface area contributed by atoms with Gasteiger partial charge in [-0.1, -0.05) is 24.3 Å². The maximum absolute atomic E-state index is 5.29. The van der Waals surface area contributed by atoms with Gasteiger partial charge in [-0.3, -0.25) is 4.90 Å². The molecule has 3 heterocycles. The van der Waals surface area contributed by atoms with Gasteiger partial charge < -0.3 is 15.0 Å². The Balaban J connectivity index is 1.38. The molecule has 1 unspecified atom stereocenters. The number of likely N-dealkylation sites (N-methyl/N-ethyl adjacent to an activating group) is 1. The molecule has 0 bridgehead atoms. The van der Waals surface area contributed by atoms with E-state index in [1.165, 1.54) is 5.56 Å². The van der Waals surface area contributed by atoms with E-state index < -0.39 is 0 Å². The molecule has 1 saturated heterocycles. The fourth-order valence-corrected chi connectivity index (χ4v) is 5.25. The third-order valence-electron chi connectivity index (χ3n) is 6.33. The van der Waals surface area contributed by atoms with Gasteiger partial charge in [0.2, 0.25) is 0 Å². The number of para-hydroxylation sites is 2. The second-order valence-electron chi connectivity index (χ2n) is 8.46. The number of benzene rings is 2. The minimum Gasteiger partial charge on any atom is -0.497 e. The first kappa shape index (κ1) is 21.0. The molecule has 1 fully saturated rings. The molecule has 0 aliphatic carbocycles. The number of hydrogen-bond donors (Lipinski definition) is 1. The predicted molar refractivity (Wildman–Crippen MR) is 132 cm³/mol. The summed E-state index contributed by atoms with van der Waals surface area (Å²) in [5.74, 6) is 1.90. The van der Waals surface area contributed by atoms with Crippen LogP contribution < -0.4 is 10.1 Å². The van der Waals surface area contributed by atoms with Gasteiger partial charge in [-0.05, 0) is 56.6 Å². The number of nitrogens with one attached hydrogen (secondary N) is 1. The van der Waals surface area contributed by atoms with E-state index in [9.17, 15) is 0 Å². The Morgan fingerprint density at radius 3 is 2.75 bits per heavy atom. The molecule has 2 aliphatic heterocycles. The molecule has 166 valence electrons. The molecule has 1 N–H and O–H groups in total. The van der Waals surface area contributed by atoms with Gasteiger partial charge in [-0.15, -0.1) is 11.3 Å². The van der Waals surface area contributed by atoms with E-state index in [0.29, 0.717) is 6.04 Å². The molecule has 0 spiro atoms. The highest BCUT2D eigenvalue weighted by Crippen LogP contribution is 2.37. The molecule has 0 saturated carbocycles. The third-order valence-corrected chi connectivity index (χ3v) is 7.21. The van der Waals surface area contributed by atoms with Crippen molar-refractivity contribution in [1.82, 2.24) is 14.8 Å². The van der Waals surface area contributed by atoms with Crippen LogP contribution >= 0.6 is 11.3 Å². The smallest absolute Gasteiger partial charge is 0.158 e. The van der Waals surface area contributed by atoms with E-state index in [-0.39, 0.29) is 0 Å². The summed E-state index contributed by atoms with van der Waals surface area (Å²) in [6.45, 7) is 4.97. The number of anilines is 2. The van der Waals surface area contributed by atoms with Crippen LogP contribution in [0.15, 0.2) is 53.5 Å². The van der Waals surface area contributed by atoms with Gasteiger partial charge in [0.15, 0.2) is 5.84 Å². The summed E-state index contributed by atoms with van der Waals surface area (Å²) in [6, 6.07) is 17.1. The lowest BCUT2D eigenvalue weighted by Crippen LogP contribution is -2.53. The van der Waals surface area contributed by atoms with Crippen LogP contribution in [-0.4, -0.2) is 60.5 Å². The van der Waals surface area contributed by atoms with Crippen LogP contribution in [0.3, 0.4) is 0 Å². The van der Waals surface area contributed by atoms with Gasteiger partial charge in [-0.25, -0.2) is 9.98 Å². The van der Waals surface area contributed by atoms with Gasteiger partial charge in [-0.2, -0.15) is 0 Å². The maximum Gasteiger partial charge on any atom is 0.158 e. The number of aliphatic imine (C=N–C) groups is 1. The van der Waals surface area contributed by atoms with E-state index in [4.69, 9.17) is 14.7 Å². The van der Waals surface area contributed by atoms with Gasteiger partial charge in [0, 0.05) is 25.7 Å². The Kier molecular flexibility index (Phi) is 5.85. The number of piperazine rings is 1. The number of rotatable bonds is 4. The average molecular weight is 448 g/mol. The zero-order chi connectivity index (χ0) is 22.1. The zero-order valence-electron chi connectivity index (χ0n) is 18.8. The summed E-state index contributed by atoms with van der Waals surface area (Å²) in [7, 11) is 3.94. The molecule has 6 nitrogen and oxygen atoms in total. The summed E-state index contributed by atoms with van der Waals surface area (Å²) in [6.07, 6.45) is 2.15. The van der Waals surface area contributed by atoms with Crippen molar-refractivity contribution >= 4 is 33.5 Å². The highest BCUT2D eigenvalue weighted by Gasteiger charge is 2.30. The van der Waals surface area contributed by atoms with Crippen LogP contribution in [-0.2, 0) is 6.42 Å². The first-order valence-corrected chi connectivity index (χ1v) is 11.9. The van der Waals surface area contributed by atoms with Crippen molar-refractivity contribution in [2.75, 3.05) is 39.1 Å². The summed E-state index contributed by atoms with van der Waals surface area (Å²) in [4.78, 5) is 14.9.